The van der Waals surface area contributed by atoms with Crippen LogP contribution in [-0.4, -0.2) is 4.98 Å². The molecular formula is C45H31N3S. The lowest BCUT2D eigenvalue weighted by Crippen LogP contribution is -2.14. The molecule has 0 saturated carbocycles. The number of anilines is 6. The van der Waals surface area contributed by atoms with Gasteiger partial charge in [-0.1, -0.05) is 115 Å². The first kappa shape index (κ1) is 29.0. The van der Waals surface area contributed by atoms with Crippen molar-refractivity contribution < 1.29 is 0 Å². The normalized spacial score (nSPS) is 11.3. The SMILES string of the molecule is c1ccc(-c2ccccc2N(c2ccccc2)c2cc(N(c3ccccc3)c3ccccc3)c3sc4c5cnccc5ccc4c3c2)cc1. The Balaban J connectivity index is 1.40. The van der Waals surface area contributed by atoms with E-state index in [-0.39, 0.29) is 0 Å². The van der Waals surface area contributed by atoms with Crippen molar-refractivity contribution in [2.45, 2.75) is 0 Å². The molecule has 0 bridgehead atoms. The highest BCUT2D eigenvalue weighted by Crippen LogP contribution is 2.50. The molecule has 0 aliphatic heterocycles. The van der Waals surface area contributed by atoms with Crippen LogP contribution in [0.5, 0.6) is 0 Å². The van der Waals surface area contributed by atoms with Gasteiger partial charge in [-0.2, -0.15) is 0 Å². The molecule has 0 spiro atoms. The first-order chi connectivity index (χ1) is 24.3. The molecule has 232 valence electrons. The lowest BCUT2D eigenvalue weighted by atomic mass is 10.0. The third-order valence-corrected chi connectivity index (χ3v) is 10.4. The number of fused-ring (bicyclic) bond motifs is 5. The fraction of sp³-hybridized carbons (Fsp3) is 0. The summed E-state index contributed by atoms with van der Waals surface area (Å²) in [6.07, 6.45) is 3.88. The van der Waals surface area contributed by atoms with E-state index in [0.29, 0.717) is 0 Å². The van der Waals surface area contributed by atoms with E-state index in [1.807, 2.05) is 23.7 Å². The summed E-state index contributed by atoms with van der Waals surface area (Å²) in [4.78, 5) is 9.34. The Morgan fingerprint density at radius 2 is 0.980 bits per heavy atom. The standard InChI is InChI=1S/C45H31N3S/c1-5-15-32(16-6-1)38-23-13-14-24-42(38)48(36-21-11-4-12-22-36)37-29-40-39-26-25-33-27-28-46-31-41(33)44(39)49-45(40)43(30-37)47(34-17-7-2-8-18-34)35-19-9-3-10-20-35/h1-31H. The molecule has 0 aliphatic rings. The highest BCUT2D eigenvalue weighted by molar-refractivity contribution is 7.27. The van der Waals surface area contributed by atoms with Crippen molar-refractivity contribution in [3.05, 3.63) is 188 Å². The van der Waals surface area contributed by atoms with E-state index in [2.05, 4.69) is 191 Å². The molecule has 0 amide bonds. The largest absolute Gasteiger partial charge is 0.310 e. The predicted molar refractivity (Wildman–Crippen MR) is 209 cm³/mol. The Morgan fingerprint density at radius 1 is 0.408 bits per heavy atom. The number of rotatable bonds is 7. The van der Waals surface area contributed by atoms with Gasteiger partial charge in [0.1, 0.15) is 0 Å². The topological polar surface area (TPSA) is 19.4 Å². The van der Waals surface area contributed by atoms with Gasteiger partial charge in [0.2, 0.25) is 0 Å². The minimum atomic E-state index is 1.08. The summed E-state index contributed by atoms with van der Waals surface area (Å²) in [5.74, 6) is 0. The van der Waals surface area contributed by atoms with Crippen LogP contribution >= 0.6 is 11.3 Å². The zero-order chi connectivity index (χ0) is 32.6. The van der Waals surface area contributed by atoms with E-state index in [1.165, 1.54) is 42.1 Å². The first-order valence-corrected chi connectivity index (χ1v) is 17.3. The summed E-state index contributed by atoms with van der Waals surface area (Å²) in [5.41, 5.74) is 8.97. The van der Waals surface area contributed by atoms with Gasteiger partial charge in [-0.05, 0) is 71.6 Å². The average Bonchev–Trinajstić information content (AvgIpc) is 3.56. The molecule has 0 fully saturated rings. The van der Waals surface area contributed by atoms with E-state index in [1.54, 1.807) is 0 Å². The van der Waals surface area contributed by atoms with Gasteiger partial charge >= 0.3 is 0 Å². The van der Waals surface area contributed by atoms with E-state index < -0.39 is 0 Å². The third kappa shape index (κ3) is 5.20. The highest BCUT2D eigenvalue weighted by atomic mass is 32.1. The van der Waals surface area contributed by atoms with Crippen molar-refractivity contribution in [1.82, 2.24) is 4.98 Å². The molecule has 0 radical (unpaired) electrons. The van der Waals surface area contributed by atoms with Crippen molar-refractivity contribution in [3.8, 4) is 11.1 Å². The number of hydrogen-bond acceptors (Lipinski definition) is 4. The Kier molecular flexibility index (Phi) is 7.34. The van der Waals surface area contributed by atoms with Gasteiger partial charge in [0.25, 0.3) is 0 Å². The Morgan fingerprint density at radius 3 is 1.63 bits per heavy atom. The number of hydrogen-bond donors (Lipinski definition) is 0. The van der Waals surface area contributed by atoms with E-state index in [9.17, 15) is 0 Å². The molecule has 9 rings (SSSR count). The quantitative estimate of drug-likeness (QED) is 0.172. The van der Waals surface area contributed by atoms with Crippen molar-refractivity contribution in [2.24, 2.45) is 0 Å². The van der Waals surface area contributed by atoms with Crippen LogP contribution in [0.2, 0.25) is 0 Å². The highest BCUT2D eigenvalue weighted by Gasteiger charge is 2.24. The second kappa shape index (κ2) is 12.4. The van der Waals surface area contributed by atoms with Crippen molar-refractivity contribution in [3.63, 3.8) is 0 Å². The van der Waals surface area contributed by atoms with Gasteiger partial charge in [-0.15, -0.1) is 11.3 Å². The fourth-order valence-corrected chi connectivity index (χ4v) is 8.18. The second-order valence-electron chi connectivity index (χ2n) is 12.0. The molecule has 2 heterocycles. The molecule has 0 saturated heterocycles. The number of benzene rings is 7. The van der Waals surface area contributed by atoms with E-state index in [0.717, 1.165) is 34.1 Å². The molecule has 0 unspecified atom stereocenters. The predicted octanol–water partition coefficient (Wildman–Crippen LogP) is 13.2. The number of aromatic nitrogens is 1. The summed E-state index contributed by atoms with van der Waals surface area (Å²) >= 11 is 1.85. The maximum atomic E-state index is 4.54. The number of para-hydroxylation sites is 4. The second-order valence-corrected chi connectivity index (χ2v) is 13.1. The number of pyridine rings is 1. The number of nitrogens with zero attached hydrogens (tertiary/aromatic N) is 3. The smallest absolute Gasteiger partial charge is 0.0661 e. The first-order valence-electron chi connectivity index (χ1n) is 16.5. The van der Waals surface area contributed by atoms with Gasteiger partial charge in [0.15, 0.2) is 0 Å². The van der Waals surface area contributed by atoms with Crippen LogP contribution in [0.3, 0.4) is 0 Å². The van der Waals surface area contributed by atoms with Crippen LogP contribution in [0.1, 0.15) is 0 Å². The molecule has 49 heavy (non-hydrogen) atoms. The summed E-state index contributed by atoms with van der Waals surface area (Å²) in [7, 11) is 0. The summed E-state index contributed by atoms with van der Waals surface area (Å²) in [5, 5.41) is 4.82. The van der Waals surface area contributed by atoms with Crippen LogP contribution in [0, 0.1) is 0 Å². The van der Waals surface area contributed by atoms with Crippen LogP contribution in [-0.2, 0) is 0 Å². The lowest BCUT2D eigenvalue weighted by molar-refractivity contribution is 1.26. The Labute approximate surface area is 289 Å². The fourth-order valence-electron chi connectivity index (χ4n) is 6.88. The Bertz CT molecular complexity index is 2510. The molecule has 9 aromatic rings. The van der Waals surface area contributed by atoms with Gasteiger partial charge < -0.3 is 9.80 Å². The maximum Gasteiger partial charge on any atom is 0.0661 e. The Hall–Kier alpha value is -6.23. The number of thiophene rings is 1. The summed E-state index contributed by atoms with van der Waals surface area (Å²) in [6, 6.07) is 62.8. The molecular weight excluding hydrogens is 615 g/mol. The van der Waals surface area contributed by atoms with Gasteiger partial charge in [0.05, 0.1) is 16.1 Å². The van der Waals surface area contributed by atoms with E-state index >= 15 is 0 Å². The van der Waals surface area contributed by atoms with Crippen molar-refractivity contribution in [2.75, 3.05) is 9.80 Å². The molecule has 7 aromatic carbocycles. The summed E-state index contributed by atoms with van der Waals surface area (Å²) < 4.78 is 2.48. The lowest BCUT2D eigenvalue weighted by Gasteiger charge is -2.31. The average molecular weight is 646 g/mol. The molecule has 4 heteroatoms. The molecule has 0 atom stereocenters. The van der Waals surface area contributed by atoms with Crippen LogP contribution in [0.15, 0.2) is 188 Å². The van der Waals surface area contributed by atoms with Crippen LogP contribution < -0.4 is 9.80 Å². The third-order valence-electron chi connectivity index (χ3n) is 9.09. The summed E-state index contributed by atoms with van der Waals surface area (Å²) in [6.45, 7) is 0. The van der Waals surface area contributed by atoms with Gasteiger partial charge in [0, 0.05) is 61.6 Å². The molecule has 0 N–H and O–H groups in total. The maximum absolute atomic E-state index is 4.54. The van der Waals surface area contributed by atoms with Gasteiger partial charge in [-0.3, -0.25) is 4.98 Å². The molecule has 2 aromatic heterocycles. The van der Waals surface area contributed by atoms with Gasteiger partial charge in [-0.25, -0.2) is 0 Å². The minimum Gasteiger partial charge on any atom is -0.310 e. The monoisotopic (exact) mass is 645 g/mol. The van der Waals surface area contributed by atoms with Crippen LogP contribution in [0.25, 0.3) is 42.1 Å². The molecule has 3 nitrogen and oxygen atoms in total. The van der Waals surface area contributed by atoms with Crippen LogP contribution in [0.4, 0.5) is 34.1 Å². The zero-order valence-electron chi connectivity index (χ0n) is 26.6. The van der Waals surface area contributed by atoms with Crippen molar-refractivity contribution >= 4 is 76.4 Å². The minimum absolute atomic E-state index is 1.08. The van der Waals surface area contributed by atoms with Crippen molar-refractivity contribution in [1.29, 1.82) is 0 Å². The van der Waals surface area contributed by atoms with E-state index in [4.69, 9.17) is 0 Å². The molecule has 0 aliphatic carbocycles. The zero-order valence-corrected chi connectivity index (χ0v) is 27.5.